The van der Waals surface area contributed by atoms with Crippen molar-refractivity contribution in [2.45, 2.75) is 12.5 Å². The predicted molar refractivity (Wildman–Crippen MR) is 50.2 cm³/mol. The average molecular weight is 195 g/mol. The Hall–Kier alpha value is -1.23. The van der Waals surface area contributed by atoms with Crippen molar-refractivity contribution >= 4 is 6.21 Å². The SMILES string of the molecule is C1=NOOC=C1N1C[C@@H]2CCNC[C@@H]21. The summed E-state index contributed by atoms with van der Waals surface area (Å²) in [4.78, 5) is 11.4. The Morgan fingerprint density at radius 2 is 2.57 bits per heavy atom. The fourth-order valence-corrected chi connectivity index (χ4v) is 2.36. The molecular weight excluding hydrogens is 182 g/mol. The molecule has 0 bridgehead atoms. The van der Waals surface area contributed by atoms with Gasteiger partial charge in [-0.25, -0.2) is 0 Å². The van der Waals surface area contributed by atoms with E-state index in [9.17, 15) is 0 Å². The Labute approximate surface area is 82.3 Å². The second-order valence-electron chi connectivity index (χ2n) is 3.92. The maximum atomic E-state index is 4.70. The number of rotatable bonds is 1. The predicted octanol–water partition coefficient (Wildman–Crippen LogP) is 0.0691. The lowest BCUT2D eigenvalue weighted by Crippen LogP contribution is -2.62. The number of hydrogen-bond donors (Lipinski definition) is 1. The number of nitrogens with one attached hydrogen (secondary N) is 1. The molecule has 1 N–H and O–H groups in total. The Balaban J connectivity index is 1.69. The summed E-state index contributed by atoms with van der Waals surface area (Å²) in [7, 11) is 0. The van der Waals surface area contributed by atoms with E-state index in [-0.39, 0.29) is 0 Å². The molecule has 0 spiro atoms. The first-order valence-corrected chi connectivity index (χ1v) is 4.98. The minimum absolute atomic E-state index is 0.614. The normalized spacial score (nSPS) is 34.9. The topological polar surface area (TPSA) is 46.1 Å². The van der Waals surface area contributed by atoms with Crippen LogP contribution in [0.2, 0.25) is 0 Å². The van der Waals surface area contributed by atoms with Crippen molar-refractivity contribution < 1.29 is 9.88 Å². The summed E-state index contributed by atoms with van der Waals surface area (Å²) < 4.78 is 0. The van der Waals surface area contributed by atoms with Gasteiger partial charge in [0, 0.05) is 19.1 Å². The molecule has 2 atom stereocenters. The van der Waals surface area contributed by atoms with Crippen LogP contribution in [0.5, 0.6) is 0 Å². The minimum atomic E-state index is 0.614. The van der Waals surface area contributed by atoms with Crippen LogP contribution in [0.1, 0.15) is 6.42 Å². The van der Waals surface area contributed by atoms with E-state index in [2.05, 4.69) is 20.4 Å². The van der Waals surface area contributed by atoms with Gasteiger partial charge in [-0.2, -0.15) is 4.99 Å². The molecule has 0 amide bonds. The summed E-state index contributed by atoms with van der Waals surface area (Å²) in [5, 5.41) is 7.02. The molecule has 5 nitrogen and oxygen atoms in total. The van der Waals surface area contributed by atoms with Crippen molar-refractivity contribution in [3.63, 3.8) is 0 Å². The van der Waals surface area contributed by atoms with Gasteiger partial charge in [0.2, 0.25) is 0 Å². The maximum absolute atomic E-state index is 4.70. The Morgan fingerprint density at radius 3 is 3.36 bits per heavy atom. The minimum Gasteiger partial charge on any atom is -0.363 e. The number of nitrogens with zero attached hydrogens (tertiary/aromatic N) is 2. The first-order valence-electron chi connectivity index (χ1n) is 4.98. The fourth-order valence-electron chi connectivity index (χ4n) is 2.36. The van der Waals surface area contributed by atoms with Crippen LogP contribution in [0.25, 0.3) is 0 Å². The number of oxime groups is 1. The van der Waals surface area contributed by atoms with Crippen molar-refractivity contribution in [3.05, 3.63) is 12.0 Å². The largest absolute Gasteiger partial charge is 0.363 e. The van der Waals surface area contributed by atoms with Crippen LogP contribution >= 0.6 is 0 Å². The summed E-state index contributed by atoms with van der Waals surface area (Å²) in [5.74, 6) is 0.841. The Bertz CT molecular complexity index is 290. The Kier molecular flexibility index (Phi) is 1.83. The van der Waals surface area contributed by atoms with Gasteiger partial charge in [0.1, 0.15) is 0 Å². The van der Waals surface area contributed by atoms with Gasteiger partial charge in [-0.3, -0.25) is 4.89 Å². The van der Waals surface area contributed by atoms with Gasteiger partial charge < -0.3 is 10.2 Å². The zero-order valence-corrected chi connectivity index (χ0v) is 7.85. The van der Waals surface area contributed by atoms with E-state index in [0.717, 1.165) is 31.2 Å². The van der Waals surface area contributed by atoms with E-state index >= 15 is 0 Å². The lowest BCUT2D eigenvalue weighted by molar-refractivity contribution is -0.254. The number of fused-ring (bicyclic) bond motifs is 1. The third kappa shape index (κ3) is 1.16. The highest BCUT2D eigenvalue weighted by Crippen LogP contribution is 2.32. The standard InChI is InChI=1S/C9H13N3O2/c1-2-10-4-9-7(1)5-12(9)8-3-11-14-13-6-8/h3,6-7,9-10H,1-2,4-5H2/t7-,9-/m0/s1. The lowest BCUT2D eigenvalue weighted by atomic mass is 9.83. The van der Waals surface area contributed by atoms with Crippen LogP contribution in [0, 0.1) is 5.92 Å². The van der Waals surface area contributed by atoms with E-state index in [0.29, 0.717) is 6.04 Å². The first-order chi connectivity index (χ1) is 6.95. The molecule has 0 aromatic rings. The highest BCUT2D eigenvalue weighted by molar-refractivity contribution is 5.77. The van der Waals surface area contributed by atoms with Crippen LogP contribution in [-0.2, 0) is 9.88 Å². The summed E-state index contributed by atoms with van der Waals surface area (Å²) >= 11 is 0. The molecular formula is C9H13N3O2. The van der Waals surface area contributed by atoms with E-state index in [1.165, 1.54) is 6.42 Å². The zero-order chi connectivity index (χ0) is 9.38. The van der Waals surface area contributed by atoms with Crippen molar-refractivity contribution in [1.82, 2.24) is 10.2 Å². The highest BCUT2D eigenvalue weighted by atomic mass is 17.3. The number of likely N-dealkylation sites (tertiary alicyclic amines) is 1. The monoisotopic (exact) mass is 195 g/mol. The van der Waals surface area contributed by atoms with Crippen LogP contribution in [0.4, 0.5) is 0 Å². The second-order valence-corrected chi connectivity index (χ2v) is 3.92. The van der Waals surface area contributed by atoms with E-state index < -0.39 is 0 Å². The highest BCUT2D eigenvalue weighted by Gasteiger charge is 2.41. The second kappa shape index (κ2) is 3.16. The smallest absolute Gasteiger partial charge is 0.170 e. The molecule has 76 valence electrons. The maximum Gasteiger partial charge on any atom is 0.170 e. The number of allylic oxidation sites excluding steroid dienone is 1. The average Bonchev–Trinajstić information content (AvgIpc) is 2.22. The molecule has 3 heterocycles. The molecule has 0 radical (unpaired) electrons. The van der Waals surface area contributed by atoms with Gasteiger partial charge >= 0.3 is 0 Å². The van der Waals surface area contributed by atoms with Crippen LogP contribution in [-0.4, -0.2) is 36.8 Å². The van der Waals surface area contributed by atoms with E-state index in [4.69, 9.17) is 4.89 Å². The summed E-state index contributed by atoms with van der Waals surface area (Å²) in [6.45, 7) is 3.34. The molecule has 3 aliphatic heterocycles. The summed E-state index contributed by atoms with van der Waals surface area (Å²) in [6.07, 6.45) is 4.59. The van der Waals surface area contributed by atoms with Crippen LogP contribution in [0.3, 0.4) is 0 Å². The quantitative estimate of drug-likeness (QED) is 0.601. The van der Waals surface area contributed by atoms with Crippen molar-refractivity contribution in [2.75, 3.05) is 19.6 Å². The number of hydrogen-bond acceptors (Lipinski definition) is 5. The molecule has 0 unspecified atom stereocenters. The van der Waals surface area contributed by atoms with Gasteiger partial charge in [0.25, 0.3) is 0 Å². The molecule has 2 fully saturated rings. The molecule has 0 aromatic carbocycles. The van der Waals surface area contributed by atoms with Crippen LogP contribution < -0.4 is 5.32 Å². The van der Waals surface area contributed by atoms with Gasteiger partial charge in [-0.15, -0.1) is 0 Å². The van der Waals surface area contributed by atoms with Crippen molar-refractivity contribution in [3.8, 4) is 0 Å². The van der Waals surface area contributed by atoms with Gasteiger partial charge in [-0.05, 0) is 24.0 Å². The molecule has 0 aromatic heterocycles. The van der Waals surface area contributed by atoms with E-state index in [1.807, 2.05) is 0 Å². The van der Waals surface area contributed by atoms with Gasteiger partial charge in [0.15, 0.2) is 6.26 Å². The van der Waals surface area contributed by atoms with Crippen LogP contribution in [0.15, 0.2) is 17.1 Å². The van der Waals surface area contributed by atoms with E-state index in [1.54, 1.807) is 12.5 Å². The third-order valence-electron chi connectivity index (χ3n) is 3.19. The van der Waals surface area contributed by atoms with Gasteiger partial charge in [0.05, 0.1) is 11.9 Å². The molecule has 14 heavy (non-hydrogen) atoms. The fraction of sp³-hybridized carbons (Fsp3) is 0.667. The molecule has 2 saturated heterocycles. The van der Waals surface area contributed by atoms with Crippen molar-refractivity contribution in [2.24, 2.45) is 11.1 Å². The first kappa shape index (κ1) is 8.11. The molecule has 3 rings (SSSR count). The molecule has 3 aliphatic rings. The molecule has 5 heteroatoms. The Morgan fingerprint density at radius 1 is 1.57 bits per heavy atom. The number of piperidine rings is 1. The van der Waals surface area contributed by atoms with Gasteiger partial charge in [-0.1, -0.05) is 0 Å². The zero-order valence-electron chi connectivity index (χ0n) is 7.85. The summed E-state index contributed by atoms with van der Waals surface area (Å²) in [5.41, 5.74) is 1.02. The lowest BCUT2D eigenvalue weighted by Gasteiger charge is -2.52. The molecule has 0 saturated carbocycles. The summed E-state index contributed by atoms with van der Waals surface area (Å²) in [6, 6.07) is 0.614. The molecule has 0 aliphatic carbocycles. The third-order valence-corrected chi connectivity index (χ3v) is 3.19. The van der Waals surface area contributed by atoms with Crippen molar-refractivity contribution in [1.29, 1.82) is 0 Å².